The van der Waals surface area contributed by atoms with Gasteiger partial charge in [0.15, 0.2) is 11.1 Å². The van der Waals surface area contributed by atoms with E-state index in [-0.39, 0.29) is 17.6 Å². The number of nitrogens with zero attached hydrogens (tertiary/aromatic N) is 3. The first-order valence-electron chi connectivity index (χ1n) is 6.30. The Bertz CT molecular complexity index is 904. The fourth-order valence-corrected chi connectivity index (χ4v) is 2.55. The lowest BCUT2D eigenvalue weighted by Gasteiger charge is -2.14. The second-order valence-corrected chi connectivity index (χ2v) is 4.77. The van der Waals surface area contributed by atoms with Crippen LogP contribution in [0.2, 0.25) is 0 Å². The minimum absolute atomic E-state index is 0.0504. The first kappa shape index (κ1) is 11.7. The molecule has 0 spiro atoms. The third-order valence-electron chi connectivity index (χ3n) is 3.55. The van der Waals surface area contributed by atoms with Gasteiger partial charge in [-0.1, -0.05) is 23.2 Å². The number of nitro benzene ring substituents is 1. The van der Waals surface area contributed by atoms with Crippen LogP contribution in [0.1, 0.15) is 0 Å². The molecule has 1 aliphatic heterocycles. The highest BCUT2D eigenvalue weighted by Gasteiger charge is 2.37. The molecule has 7 nitrogen and oxygen atoms in total. The topological polar surface area (TPSA) is 96.4 Å². The van der Waals surface area contributed by atoms with Crippen LogP contribution in [-0.4, -0.2) is 16.5 Å². The maximum Gasteiger partial charge on any atom is 0.445 e. The lowest BCUT2D eigenvalue weighted by Crippen LogP contribution is -2.50. The van der Waals surface area contributed by atoms with Crippen LogP contribution in [0.5, 0.6) is 0 Å². The highest BCUT2D eigenvalue weighted by atomic mass is 16.6. The van der Waals surface area contributed by atoms with Crippen molar-refractivity contribution in [2.45, 2.75) is 0 Å². The summed E-state index contributed by atoms with van der Waals surface area (Å²) in [6.45, 7) is 0. The summed E-state index contributed by atoms with van der Waals surface area (Å²) in [7, 11) is 0. The normalized spacial score (nSPS) is 19.3. The molecule has 0 radical (unpaired) electrons. The first-order valence-corrected chi connectivity index (χ1v) is 6.30. The van der Waals surface area contributed by atoms with E-state index in [9.17, 15) is 10.1 Å². The quantitative estimate of drug-likeness (QED) is 0.493. The summed E-state index contributed by atoms with van der Waals surface area (Å²) >= 11 is 0. The van der Waals surface area contributed by atoms with Crippen LogP contribution < -0.4 is 4.57 Å². The van der Waals surface area contributed by atoms with Crippen LogP contribution >= 0.6 is 0 Å². The third kappa shape index (κ3) is 1.57. The molecule has 2 aromatic rings. The Balaban J connectivity index is 1.98. The second kappa shape index (κ2) is 3.95. The van der Waals surface area contributed by atoms with Crippen LogP contribution in [0.15, 0.2) is 51.9 Å². The summed E-state index contributed by atoms with van der Waals surface area (Å²) in [5, 5.41) is 19.2. The lowest BCUT2D eigenvalue weighted by molar-refractivity contribution is -0.522. The van der Waals surface area contributed by atoms with Crippen LogP contribution in [-0.2, 0) is 0 Å². The van der Waals surface area contributed by atoms with E-state index in [4.69, 9.17) is 9.83 Å². The lowest BCUT2D eigenvalue weighted by atomic mass is 9.96. The number of benzene rings is 1. The van der Waals surface area contributed by atoms with E-state index in [1.165, 1.54) is 12.1 Å². The Morgan fingerprint density at radius 2 is 2.24 bits per heavy atom. The molecule has 1 aliphatic carbocycles. The van der Waals surface area contributed by atoms with Crippen molar-refractivity contribution < 1.29 is 13.9 Å². The minimum atomic E-state index is -0.478. The van der Waals surface area contributed by atoms with Gasteiger partial charge < -0.3 is 4.42 Å². The SMILES string of the molecule is N=C1[C@@H]2C=CC=CC2=Nc2oc3cc([N+](=O)[O-])ccc3[n+]21. The number of oxazole rings is 1. The van der Waals surface area contributed by atoms with Crippen molar-refractivity contribution in [2.75, 3.05) is 0 Å². The molecule has 1 aromatic heterocycles. The number of hydrogen-bond acceptors (Lipinski definition) is 5. The molecule has 21 heavy (non-hydrogen) atoms. The maximum absolute atomic E-state index is 10.8. The van der Waals surface area contributed by atoms with E-state index in [2.05, 4.69) is 4.99 Å². The fourth-order valence-electron chi connectivity index (χ4n) is 2.55. The van der Waals surface area contributed by atoms with Gasteiger partial charge in [0.2, 0.25) is 0 Å². The molecule has 2 heterocycles. The molecule has 102 valence electrons. The van der Waals surface area contributed by atoms with Gasteiger partial charge in [-0.05, 0) is 12.1 Å². The molecule has 0 amide bonds. The Labute approximate surface area is 118 Å². The minimum Gasteiger partial charge on any atom is -0.397 e. The Hall–Kier alpha value is -3.09. The highest BCUT2D eigenvalue weighted by molar-refractivity contribution is 6.13. The number of non-ortho nitro benzene ring substituents is 1. The number of aromatic nitrogens is 1. The molecular formula is C14H9N4O3+. The zero-order chi connectivity index (χ0) is 14.6. The summed E-state index contributed by atoms with van der Waals surface area (Å²) in [4.78, 5) is 14.7. The molecule has 0 unspecified atom stereocenters. The van der Waals surface area contributed by atoms with Crippen molar-refractivity contribution in [3.63, 3.8) is 0 Å². The number of aliphatic imine (C=N–C) groups is 1. The van der Waals surface area contributed by atoms with E-state index >= 15 is 0 Å². The molecule has 1 aromatic carbocycles. The van der Waals surface area contributed by atoms with E-state index < -0.39 is 4.92 Å². The van der Waals surface area contributed by atoms with Crippen molar-refractivity contribution in [1.29, 1.82) is 5.41 Å². The van der Waals surface area contributed by atoms with Gasteiger partial charge in [0.1, 0.15) is 11.6 Å². The molecule has 7 heteroatoms. The first-order chi connectivity index (χ1) is 10.1. The number of rotatable bonds is 1. The van der Waals surface area contributed by atoms with Gasteiger partial charge in [0.25, 0.3) is 11.5 Å². The van der Waals surface area contributed by atoms with Crippen LogP contribution in [0.25, 0.3) is 11.1 Å². The zero-order valence-corrected chi connectivity index (χ0v) is 10.7. The molecule has 1 N–H and O–H groups in total. The molecule has 1 atom stereocenters. The Morgan fingerprint density at radius 1 is 1.38 bits per heavy atom. The summed E-state index contributed by atoms with van der Waals surface area (Å²) < 4.78 is 7.15. The van der Waals surface area contributed by atoms with E-state index in [1.807, 2.05) is 24.3 Å². The van der Waals surface area contributed by atoms with Gasteiger partial charge in [-0.25, -0.2) is 0 Å². The smallest absolute Gasteiger partial charge is 0.397 e. The molecular weight excluding hydrogens is 272 g/mol. The standard InChI is InChI=1S/C14H9N4O3/c15-13-9-3-1-2-4-10(9)16-14-17(13)11-6-5-8(18(19)20)7-12(11)21-14/h1-7,9,15H/q+1/t9-/m1/s1. The Morgan fingerprint density at radius 3 is 3.05 bits per heavy atom. The highest BCUT2D eigenvalue weighted by Crippen LogP contribution is 2.28. The number of nitrogens with one attached hydrogen (secondary N) is 1. The summed E-state index contributed by atoms with van der Waals surface area (Å²) in [5.41, 5.74) is 1.63. The molecule has 0 fully saturated rings. The van der Waals surface area contributed by atoms with E-state index in [0.717, 1.165) is 5.71 Å². The number of fused-ring (bicyclic) bond motifs is 4. The van der Waals surface area contributed by atoms with Gasteiger partial charge >= 0.3 is 6.01 Å². The molecule has 0 saturated heterocycles. The predicted octanol–water partition coefficient (Wildman–Crippen LogP) is 2.28. The van der Waals surface area contributed by atoms with Gasteiger partial charge in [0.05, 0.1) is 11.0 Å². The summed E-state index contributed by atoms with van der Waals surface area (Å²) in [5.74, 6) is 0.103. The van der Waals surface area contributed by atoms with Gasteiger partial charge in [0, 0.05) is 6.07 Å². The zero-order valence-electron chi connectivity index (χ0n) is 10.7. The van der Waals surface area contributed by atoms with Crippen molar-refractivity contribution in [3.05, 3.63) is 52.6 Å². The number of hydrogen-bond donors (Lipinski definition) is 1. The molecule has 4 rings (SSSR count). The molecule has 0 saturated carbocycles. The molecule has 2 aliphatic rings. The fraction of sp³-hybridized carbons (Fsp3) is 0.0714. The molecule has 0 bridgehead atoms. The second-order valence-electron chi connectivity index (χ2n) is 4.77. The van der Waals surface area contributed by atoms with Crippen LogP contribution in [0.4, 0.5) is 11.7 Å². The Kier molecular flexibility index (Phi) is 2.20. The van der Waals surface area contributed by atoms with Gasteiger partial charge in [-0.3, -0.25) is 10.1 Å². The predicted molar refractivity (Wildman–Crippen MR) is 75.1 cm³/mol. The summed E-state index contributed by atoms with van der Waals surface area (Å²) in [6.07, 6.45) is 7.45. The third-order valence-corrected chi connectivity index (χ3v) is 3.55. The van der Waals surface area contributed by atoms with Gasteiger partial charge in [-0.2, -0.15) is 9.98 Å². The average Bonchev–Trinajstić information content (AvgIpc) is 2.84. The van der Waals surface area contributed by atoms with Crippen molar-refractivity contribution in [1.82, 2.24) is 0 Å². The van der Waals surface area contributed by atoms with E-state index in [1.54, 1.807) is 10.6 Å². The van der Waals surface area contributed by atoms with Crippen molar-refractivity contribution in [3.8, 4) is 0 Å². The monoisotopic (exact) mass is 281 g/mol. The van der Waals surface area contributed by atoms with Gasteiger partial charge in [-0.15, -0.1) is 0 Å². The van der Waals surface area contributed by atoms with Crippen LogP contribution in [0.3, 0.4) is 0 Å². The largest absolute Gasteiger partial charge is 0.445 e. The number of allylic oxidation sites excluding steroid dienone is 4. The van der Waals surface area contributed by atoms with E-state index in [0.29, 0.717) is 16.9 Å². The maximum atomic E-state index is 10.8. The van der Waals surface area contributed by atoms with Crippen LogP contribution in [0, 0.1) is 21.4 Å². The average molecular weight is 281 g/mol. The van der Waals surface area contributed by atoms with Crippen molar-refractivity contribution >= 4 is 34.3 Å². The summed E-state index contributed by atoms with van der Waals surface area (Å²) in [6, 6.07) is 4.59. The number of nitro groups is 1. The van der Waals surface area contributed by atoms with Crippen molar-refractivity contribution in [2.24, 2.45) is 10.9 Å².